The first kappa shape index (κ1) is 36.0. The molecule has 3 heterocycles. The van der Waals surface area contributed by atoms with Crippen LogP contribution >= 0.6 is 0 Å². The van der Waals surface area contributed by atoms with E-state index in [1.807, 2.05) is 15.9 Å². The van der Waals surface area contributed by atoms with Crippen molar-refractivity contribution in [1.82, 2.24) is 19.8 Å². The predicted molar refractivity (Wildman–Crippen MR) is 189 cm³/mol. The van der Waals surface area contributed by atoms with E-state index in [1.54, 1.807) is 33.2 Å². The molecule has 49 heavy (non-hydrogen) atoms. The van der Waals surface area contributed by atoms with Crippen LogP contribution in [0.25, 0.3) is 0 Å². The molecule has 1 saturated heterocycles. The second-order valence-electron chi connectivity index (χ2n) is 16.1. The Labute approximate surface area is 291 Å². The molecule has 1 atom stereocenters. The molecule has 0 bridgehead atoms. The summed E-state index contributed by atoms with van der Waals surface area (Å²) in [5, 5.41) is 9.91. The van der Waals surface area contributed by atoms with Crippen LogP contribution in [-0.4, -0.2) is 37.6 Å². The Morgan fingerprint density at radius 3 is 2.02 bits per heavy atom. The molecule has 0 radical (unpaired) electrons. The molecule has 1 saturated carbocycles. The maximum Gasteiger partial charge on any atom is 0.254 e. The Kier molecular flexibility index (Phi) is 10.2. The topological polar surface area (TPSA) is 107 Å². The molecular weight excluding hydrogens is 612 g/mol. The van der Waals surface area contributed by atoms with Crippen molar-refractivity contribution in [2.45, 2.75) is 117 Å². The number of aliphatic carboxylic acids is 1. The minimum atomic E-state index is -1.01. The van der Waals surface area contributed by atoms with Crippen LogP contribution < -0.4 is 5.11 Å². The van der Waals surface area contributed by atoms with Crippen molar-refractivity contribution < 1.29 is 19.5 Å². The standard InChI is InChI=1S/C36H42N4O2.C5H10O2/c1-24-11-14-28(15-12-24)36(27-9-7-6-8-10-27)20-25(2)40(34(36)42)21-26-13-16-30(35(3,4)5)29(19-26)33(41)39-22-31-32(23-39)38-18-17-37-31;1-5(2,3)4(6)7/h11-19,27H,2,6-10,20-23H2,1,3-5H3;1-3H3,(H,6,7)/p-1. The third kappa shape index (κ3) is 7.48. The zero-order valence-corrected chi connectivity index (χ0v) is 30.3. The summed E-state index contributed by atoms with van der Waals surface area (Å²) in [7, 11) is 0. The van der Waals surface area contributed by atoms with Crippen molar-refractivity contribution in [2.75, 3.05) is 0 Å². The van der Waals surface area contributed by atoms with Crippen LogP contribution in [0.5, 0.6) is 0 Å². The van der Waals surface area contributed by atoms with Gasteiger partial charge in [0.15, 0.2) is 0 Å². The molecule has 3 aromatic rings. The molecule has 8 nitrogen and oxygen atoms in total. The van der Waals surface area contributed by atoms with Gasteiger partial charge in [-0.05, 0) is 53.9 Å². The van der Waals surface area contributed by atoms with Crippen molar-refractivity contribution in [2.24, 2.45) is 11.3 Å². The fraction of sp³-hybridized carbons (Fsp3) is 0.488. The third-order valence-corrected chi connectivity index (χ3v) is 10.3. The molecule has 2 aromatic carbocycles. The van der Waals surface area contributed by atoms with E-state index >= 15 is 0 Å². The van der Waals surface area contributed by atoms with Crippen molar-refractivity contribution >= 4 is 17.8 Å². The molecule has 2 fully saturated rings. The van der Waals surface area contributed by atoms with Gasteiger partial charge in [-0.25, -0.2) is 0 Å². The van der Waals surface area contributed by atoms with Gasteiger partial charge in [0, 0.05) is 41.5 Å². The highest BCUT2D eigenvalue weighted by atomic mass is 16.4. The van der Waals surface area contributed by atoms with E-state index in [4.69, 9.17) is 0 Å². The monoisotopic (exact) mass is 663 g/mol. The van der Waals surface area contributed by atoms with E-state index < -0.39 is 16.8 Å². The first-order valence-corrected chi connectivity index (χ1v) is 17.5. The van der Waals surface area contributed by atoms with E-state index in [9.17, 15) is 19.5 Å². The number of carboxylic acid groups (broad SMARTS) is 1. The van der Waals surface area contributed by atoms with Crippen LogP contribution in [0.3, 0.4) is 0 Å². The summed E-state index contributed by atoms with van der Waals surface area (Å²) in [4.78, 5) is 51.1. The number of carboxylic acids is 1. The van der Waals surface area contributed by atoms with Crippen LogP contribution in [0, 0.1) is 18.3 Å². The lowest BCUT2D eigenvalue weighted by molar-refractivity contribution is -0.316. The number of carbonyl (C=O) groups is 3. The van der Waals surface area contributed by atoms with Gasteiger partial charge in [-0.3, -0.25) is 19.6 Å². The zero-order chi connectivity index (χ0) is 35.7. The van der Waals surface area contributed by atoms with Crippen molar-refractivity contribution in [1.29, 1.82) is 0 Å². The highest BCUT2D eigenvalue weighted by molar-refractivity contribution is 5.97. The summed E-state index contributed by atoms with van der Waals surface area (Å²) in [6.07, 6.45) is 9.73. The summed E-state index contributed by atoms with van der Waals surface area (Å²) < 4.78 is 0. The minimum Gasteiger partial charge on any atom is -0.550 e. The molecule has 0 spiro atoms. The first-order chi connectivity index (χ1) is 23.0. The number of aromatic nitrogens is 2. The van der Waals surface area contributed by atoms with Crippen LogP contribution in [0.4, 0.5) is 0 Å². The second-order valence-corrected chi connectivity index (χ2v) is 16.1. The van der Waals surface area contributed by atoms with E-state index in [-0.39, 0.29) is 17.2 Å². The first-order valence-electron chi connectivity index (χ1n) is 17.5. The highest BCUT2D eigenvalue weighted by Gasteiger charge is 2.54. The van der Waals surface area contributed by atoms with Crippen LogP contribution in [0.2, 0.25) is 0 Å². The number of carbonyl (C=O) groups excluding carboxylic acids is 3. The lowest BCUT2D eigenvalue weighted by atomic mass is 9.64. The Balaban J connectivity index is 0.000000606. The SMILES string of the molecule is C=C1CC(c2ccc(C)cc2)(C2CCCCC2)C(=O)N1Cc1ccc(C(C)(C)C)c(C(=O)N2Cc3nccnc3C2)c1.CC(C)(C)C(=O)[O-]. The number of hydrogen-bond donors (Lipinski definition) is 0. The van der Waals surface area contributed by atoms with E-state index in [1.165, 1.54) is 24.8 Å². The van der Waals surface area contributed by atoms with Crippen molar-refractivity contribution in [3.63, 3.8) is 0 Å². The van der Waals surface area contributed by atoms with Crippen LogP contribution in [0.1, 0.15) is 124 Å². The van der Waals surface area contributed by atoms with Gasteiger partial charge in [0.05, 0.1) is 36.4 Å². The van der Waals surface area contributed by atoms with Crippen molar-refractivity contribution in [3.8, 4) is 0 Å². The van der Waals surface area contributed by atoms with Gasteiger partial charge >= 0.3 is 0 Å². The molecule has 2 amide bonds. The largest absolute Gasteiger partial charge is 0.550 e. The number of amides is 2. The second kappa shape index (κ2) is 13.9. The normalized spacial score (nSPS) is 19.8. The Hall–Kier alpha value is -4.33. The number of allylic oxidation sites excluding steroid dienone is 1. The smallest absolute Gasteiger partial charge is 0.254 e. The Morgan fingerprint density at radius 1 is 0.918 bits per heavy atom. The van der Waals surface area contributed by atoms with E-state index in [2.05, 4.69) is 80.6 Å². The number of hydrogen-bond acceptors (Lipinski definition) is 6. The molecule has 8 heteroatoms. The third-order valence-electron chi connectivity index (χ3n) is 10.3. The molecule has 3 aliphatic rings. The molecule has 2 aliphatic heterocycles. The van der Waals surface area contributed by atoms with Gasteiger partial charge in [0.2, 0.25) is 5.91 Å². The molecule has 1 unspecified atom stereocenters. The average Bonchev–Trinajstić information content (AvgIpc) is 3.60. The predicted octanol–water partition coefficient (Wildman–Crippen LogP) is 6.79. The quantitative estimate of drug-likeness (QED) is 0.298. The molecule has 260 valence electrons. The number of benzene rings is 2. The summed E-state index contributed by atoms with van der Waals surface area (Å²) >= 11 is 0. The lowest BCUT2D eigenvalue weighted by Crippen LogP contribution is -2.44. The fourth-order valence-electron chi connectivity index (χ4n) is 7.38. The number of likely N-dealkylation sites (tertiary alicyclic amines) is 1. The maximum absolute atomic E-state index is 14.6. The van der Waals surface area contributed by atoms with Crippen LogP contribution in [0.15, 0.2) is 67.1 Å². The lowest BCUT2D eigenvalue weighted by Gasteiger charge is -2.38. The van der Waals surface area contributed by atoms with Crippen molar-refractivity contribution in [3.05, 3.63) is 106 Å². The number of nitrogens with zero attached hydrogens (tertiary/aromatic N) is 4. The Bertz CT molecular complexity index is 1700. The van der Waals surface area contributed by atoms with Gasteiger partial charge in [0.25, 0.3) is 5.91 Å². The average molecular weight is 664 g/mol. The Morgan fingerprint density at radius 2 is 1.49 bits per heavy atom. The van der Waals surface area contributed by atoms with Gasteiger partial charge in [-0.15, -0.1) is 0 Å². The molecular formula is C41H51N4O4-. The number of rotatable bonds is 5. The van der Waals surface area contributed by atoms with E-state index in [0.717, 1.165) is 46.6 Å². The maximum atomic E-state index is 14.6. The minimum absolute atomic E-state index is 0.0237. The fourth-order valence-corrected chi connectivity index (χ4v) is 7.38. The molecule has 0 N–H and O–H groups in total. The van der Waals surface area contributed by atoms with Crippen LogP contribution in [-0.2, 0) is 40.1 Å². The van der Waals surface area contributed by atoms with Gasteiger partial charge in [0.1, 0.15) is 0 Å². The number of fused-ring (bicyclic) bond motifs is 1. The van der Waals surface area contributed by atoms with Gasteiger partial charge in [-0.1, -0.05) is 109 Å². The summed E-state index contributed by atoms with van der Waals surface area (Å²) in [6.45, 7) is 19.0. The van der Waals surface area contributed by atoms with E-state index in [0.29, 0.717) is 37.5 Å². The number of aryl methyl sites for hydroxylation is 1. The highest BCUT2D eigenvalue weighted by Crippen LogP contribution is 2.51. The summed E-state index contributed by atoms with van der Waals surface area (Å²) in [5.41, 5.74) is 6.02. The van der Waals surface area contributed by atoms with Gasteiger partial charge < -0.3 is 19.7 Å². The summed E-state index contributed by atoms with van der Waals surface area (Å²) in [5.74, 6) is -0.567. The van der Waals surface area contributed by atoms with Gasteiger partial charge in [-0.2, -0.15) is 0 Å². The molecule has 1 aromatic heterocycles. The molecule has 6 rings (SSSR count). The summed E-state index contributed by atoms with van der Waals surface area (Å²) in [6, 6.07) is 14.7. The molecule has 1 aliphatic carbocycles. The zero-order valence-electron chi connectivity index (χ0n) is 30.3.